The van der Waals surface area contributed by atoms with E-state index in [1.54, 1.807) is 25.2 Å². The number of pyridine rings is 1. The molecule has 5 rings (SSSR count). The van der Waals surface area contributed by atoms with Gasteiger partial charge in [-0.05, 0) is 43.2 Å². The number of nitrogens with zero attached hydrogens (tertiary/aromatic N) is 6. The van der Waals surface area contributed by atoms with Crippen molar-refractivity contribution in [3.8, 4) is 11.8 Å². The van der Waals surface area contributed by atoms with Crippen LogP contribution in [0.15, 0.2) is 53.5 Å². The minimum Gasteiger partial charge on any atom is -0.494 e. The number of benzene rings is 1. The fourth-order valence-corrected chi connectivity index (χ4v) is 4.98. The number of methoxy groups -OCH3 is 1. The van der Waals surface area contributed by atoms with Crippen molar-refractivity contribution in [3.05, 3.63) is 71.2 Å². The fourth-order valence-electron chi connectivity index (χ4n) is 4.98. The van der Waals surface area contributed by atoms with Crippen molar-refractivity contribution >= 4 is 40.4 Å². The highest BCUT2D eigenvalue weighted by Crippen LogP contribution is 2.36. The van der Waals surface area contributed by atoms with Crippen LogP contribution in [0.4, 0.5) is 17.2 Å². The SMILES string of the molecule is CN=C(/C=C(\N)c1cccc(Nc2cc(NC(=O)C3CC3)nnc2C(=O)NC)c1OC)C1CN(Cc2cccc(C#N)n2)C1. The van der Waals surface area contributed by atoms with Gasteiger partial charge in [-0.1, -0.05) is 12.1 Å². The molecule has 13 heteroatoms. The van der Waals surface area contributed by atoms with Crippen LogP contribution < -0.4 is 26.4 Å². The number of anilines is 3. The number of allylic oxidation sites excluding steroid dienone is 1. The highest BCUT2D eigenvalue weighted by molar-refractivity contribution is 6.03. The summed E-state index contributed by atoms with van der Waals surface area (Å²) >= 11 is 0. The first-order valence-corrected chi connectivity index (χ1v) is 14.2. The number of amides is 2. The number of likely N-dealkylation sites (tertiary alicyclic amines) is 1. The van der Waals surface area contributed by atoms with Crippen molar-refractivity contribution in [2.45, 2.75) is 19.4 Å². The number of carbonyl (C=O) groups excluding carboxylic acids is 2. The first kappa shape index (κ1) is 30.1. The zero-order valence-electron chi connectivity index (χ0n) is 24.8. The van der Waals surface area contributed by atoms with Crippen molar-refractivity contribution in [3.63, 3.8) is 0 Å². The summed E-state index contributed by atoms with van der Waals surface area (Å²) in [5.74, 6) is 0.297. The molecule has 1 aliphatic heterocycles. The molecule has 44 heavy (non-hydrogen) atoms. The zero-order chi connectivity index (χ0) is 31.2. The quantitative estimate of drug-likeness (QED) is 0.241. The molecule has 2 aromatic heterocycles. The van der Waals surface area contributed by atoms with Gasteiger partial charge < -0.3 is 26.4 Å². The van der Waals surface area contributed by atoms with Gasteiger partial charge in [0.25, 0.3) is 5.91 Å². The number of nitrogens with one attached hydrogen (secondary N) is 3. The van der Waals surface area contributed by atoms with Gasteiger partial charge in [0, 0.05) is 68.6 Å². The molecule has 0 spiro atoms. The van der Waals surface area contributed by atoms with Crippen molar-refractivity contribution in [1.29, 1.82) is 5.26 Å². The Kier molecular flexibility index (Phi) is 9.11. The molecule has 3 heterocycles. The Labute approximate surface area is 255 Å². The Balaban J connectivity index is 1.34. The Bertz CT molecular complexity index is 1670. The maximum Gasteiger partial charge on any atom is 0.273 e. The normalized spacial score (nSPS) is 15.6. The van der Waals surface area contributed by atoms with E-state index in [1.165, 1.54) is 14.2 Å². The third-order valence-corrected chi connectivity index (χ3v) is 7.48. The first-order valence-electron chi connectivity index (χ1n) is 14.2. The lowest BCUT2D eigenvalue weighted by Gasteiger charge is -2.39. The van der Waals surface area contributed by atoms with Gasteiger partial charge in [-0.2, -0.15) is 5.26 Å². The molecule has 1 aliphatic carbocycles. The van der Waals surface area contributed by atoms with E-state index in [1.807, 2.05) is 30.3 Å². The van der Waals surface area contributed by atoms with Crippen LogP contribution in [-0.2, 0) is 11.3 Å². The van der Waals surface area contributed by atoms with Crippen molar-refractivity contribution in [2.75, 3.05) is 44.9 Å². The van der Waals surface area contributed by atoms with E-state index in [9.17, 15) is 9.59 Å². The largest absolute Gasteiger partial charge is 0.494 e. The summed E-state index contributed by atoms with van der Waals surface area (Å²) in [5.41, 5.74) is 10.8. The lowest BCUT2D eigenvalue weighted by molar-refractivity contribution is -0.117. The predicted octanol–water partition coefficient (Wildman–Crippen LogP) is 2.71. The molecule has 2 amide bonds. The monoisotopic (exact) mass is 594 g/mol. The van der Waals surface area contributed by atoms with Crippen LogP contribution >= 0.6 is 0 Å². The number of para-hydroxylation sites is 1. The van der Waals surface area contributed by atoms with Gasteiger partial charge in [-0.3, -0.25) is 19.5 Å². The van der Waals surface area contributed by atoms with E-state index in [0.29, 0.717) is 40.6 Å². The minimum atomic E-state index is -0.443. The van der Waals surface area contributed by atoms with Gasteiger partial charge in [-0.25, -0.2) is 4.98 Å². The number of aromatic nitrogens is 3. The summed E-state index contributed by atoms with van der Waals surface area (Å²) in [4.78, 5) is 36.0. The van der Waals surface area contributed by atoms with Crippen LogP contribution in [0.1, 0.15) is 40.3 Å². The summed E-state index contributed by atoms with van der Waals surface area (Å²) in [6.07, 6.45) is 3.55. The van der Waals surface area contributed by atoms with Crippen LogP contribution in [0.3, 0.4) is 0 Å². The van der Waals surface area contributed by atoms with E-state index in [0.717, 1.165) is 37.3 Å². The number of aliphatic imine (C=N–C) groups is 1. The minimum absolute atomic E-state index is 0.0172. The Hall–Kier alpha value is -5.35. The zero-order valence-corrected chi connectivity index (χ0v) is 24.8. The van der Waals surface area contributed by atoms with Crippen LogP contribution in [0, 0.1) is 23.2 Å². The topological polar surface area (TPSA) is 184 Å². The predicted molar refractivity (Wildman–Crippen MR) is 166 cm³/mol. The second-order valence-corrected chi connectivity index (χ2v) is 10.6. The average Bonchev–Trinajstić information content (AvgIpc) is 3.87. The molecule has 13 nitrogen and oxygen atoms in total. The van der Waals surface area contributed by atoms with Gasteiger partial charge in [0.1, 0.15) is 11.8 Å². The molecular formula is C31H34N10O3. The molecule has 0 bridgehead atoms. The van der Waals surface area contributed by atoms with E-state index >= 15 is 0 Å². The summed E-state index contributed by atoms with van der Waals surface area (Å²) < 4.78 is 5.78. The number of rotatable bonds is 11. The molecule has 1 saturated carbocycles. The maximum absolute atomic E-state index is 12.6. The number of carbonyl (C=O) groups is 2. The number of nitriles is 1. The Morgan fingerprint density at radius 3 is 2.61 bits per heavy atom. The molecule has 0 atom stereocenters. The van der Waals surface area contributed by atoms with E-state index in [-0.39, 0.29) is 29.3 Å². The smallest absolute Gasteiger partial charge is 0.273 e. The van der Waals surface area contributed by atoms with Crippen molar-refractivity contribution in [2.24, 2.45) is 22.6 Å². The Morgan fingerprint density at radius 1 is 1.16 bits per heavy atom. The lowest BCUT2D eigenvalue weighted by atomic mass is 9.92. The van der Waals surface area contributed by atoms with Gasteiger partial charge >= 0.3 is 0 Å². The first-order chi connectivity index (χ1) is 21.3. The van der Waals surface area contributed by atoms with E-state index in [2.05, 4.69) is 47.1 Å². The van der Waals surface area contributed by atoms with E-state index in [4.69, 9.17) is 15.7 Å². The number of nitrogens with two attached hydrogens (primary N) is 1. The van der Waals surface area contributed by atoms with Crippen molar-refractivity contribution in [1.82, 2.24) is 25.4 Å². The van der Waals surface area contributed by atoms with Crippen LogP contribution in [0.25, 0.3) is 5.70 Å². The molecule has 3 aromatic rings. The van der Waals surface area contributed by atoms with Crippen molar-refractivity contribution < 1.29 is 14.3 Å². The number of ether oxygens (including phenoxy) is 1. The molecule has 5 N–H and O–H groups in total. The summed E-state index contributed by atoms with van der Waals surface area (Å²) in [5, 5.41) is 25.8. The highest BCUT2D eigenvalue weighted by Gasteiger charge is 2.31. The van der Waals surface area contributed by atoms with Crippen LogP contribution in [0.2, 0.25) is 0 Å². The van der Waals surface area contributed by atoms with Gasteiger partial charge in [0.05, 0.1) is 24.2 Å². The van der Waals surface area contributed by atoms with Crippen LogP contribution in [0.5, 0.6) is 5.75 Å². The van der Waals surface area contributed by atoms with Gasteiger partial charge in [-0.15, -0.1) is 10.2 Å². The molecule has 1 aromatic carbocycles. The third-order valence-electron chi connectivity index (χ3n) is 7.48. The summed E-state index contributed by atoms with van der Waals surface area (Å²) in [7, 11) is 4.78. The summed E-state index contributed by atoms with van der Waals surface area (Å²) in [6.45, 7) is 2.22. The molecule has 0 radical (unpaired) electrons. The average molecular weight is 595 g/mol. The van der Waals surface area contributed by atoms with Gasteiger partial charge in [0.15, 0.2) is 17.3 Å². The molecule has 226 valence electrons. The lowest BCUT2D eigenvalue weighted by Crippen LogP contribution is -2.49. The van der Waals surface area contributed by atoms with E-state index < -0.39 is 5.91 Å². The second kappa shape index (κ2) is 13.3. The molecule has 0 unspecified atom stereocenters. The molecule has 1 saturated heterocycles. The number of hydrogen-bond donors (Lipinski definition) is 4. The highest BCUT2D eigenvalue weighted by atomic mass is 16.5. The molecule has 2 aliphatic rings. The summed E-state index contributed by atoms with van der Waals surface area (Å²) in [6, 6.07) is 14.6. The Morgan fingerprint density at radius 2 is 1.93 bits per heavy atom. The maximum atomic E-state index is 12.6. The molecule has 2 fully saturated rings. The molecular weight excluding hydrogens is 560 g/mol. The number of hydrogen-bond acceptors (Lipinski definition) is 11. The van der Waals surface area contributed by atoms with Crippen LogP contribution in [-0.4, -0.2) is 71.9 Å². The standard InChI is InChI=1S/C31H34N10O3/c1-34-25(19-15-41(16-19)17-21-7-4-6-20(14-32)36-21)12-23(33)22-8-5-9-24(29(22)44-3)37-26-13-27(38-30(42)18-10-11-18)39-40-28(26)31(43)35-2/h4-9,12-13,18-19H,10-11,15-17,33H2,1-3H3,(H,35,43)(H2,37,38,39,42)/b23-12-,34-25?. The second-order valence-electron chi connectivity index (χ2n) is 10.6. The fraction of sp³-hybridized carbons (Fsp3) is 0.323. The van der Waals surface area contributed by atoms with Gasteiger partial charge in [0.2, 0.25) is 5.91 Å². The third kappa shape index (κ3) is 6.82.